The van der Waals surface area contributed by atoms with Crippen LogP contribution in [0.15, 0.2) is 36.5 Å². The number of aromatic nitrogens is 2. The molecule has 3 aliphatic rings. The quantitative estimate of drug-likeness (QED) is 0.705. The largest absolute Gasteiger partial charge is 0.356 e. The van der Waals surface area contributed by atoms with E-state index < -0.39 is 0 Å². The molecule has 2 aromatic rings. The molecule has 4 heterocycles. The standard InChI is InChI=1S/C27H37N5O/c1-21-7-9-22(10-8-21)26-28-14-11-25(29-26)32-17-5-6-23(20-32)27(33)31-18-12-24(13-19-31)30-15-3-2-4-16-30/h7-11,14,23-24H,2-6,12-13,15-20H2,1H3. The monoisotopic (exact) mass is 447 g/mol. The van der Waals surface area contributed by atoms with Gasteiger partial charge >= 0.3 is 0 Å². The number of hydrogen-bond donors (Lipinski definition) is 0. The molecule has 0 bridgehead atoms. The van der Waals surface area contributed by atoms with Gasteiger partial charge in [-0.1, -0.05) is 36.2 Å². The van der Waals surface area contributed by atoms with E-state index in [-0.39, 0.29) is 5.92 Å². The lowest BCUT2D eigenvalue weighted by Crippen LogP contribution is -2.51. The van der Waals surface area contributed by atoms with Crippen molar-refractivity contribution in [3.8, 4) is 11.4 Å². The summed E-state index contributed by atoms with van der Waals surface area (Å²) in [5, 5.41) is 0. The second-order valence-corrected chi connectivity index (χ2v) is 10.0. The van der Waals surface area contributed by atoms with Crippen molar-refractivity contribution in [3.05, 3.63) is 42.1 Å². The van der Waals surface area contributed by atoms with E-state index in [1.165, 1.54) is 37.9 Å². The van der Waals surface area contributed by atoms with Crippen LogP contribution in [0, 0.1) is 12.8 Å². The van der Waals surface area contributed by atoms with Crippen molar-refractivity contribution in [2.24, 2.45) is 5.92 Å². The number of benzene rings is 1. The summed E-state index contributed by atoms with van der Waals surface area (Å²) in [5.41, 5.74) is 2.26. The van der Waals surface area contributed by atoms with Crippen molar-refractivity contribution < 1.29 is 4.79 Å². The number of anilines is 1. The zero-order valence-corrected chi connectivity index (χ0v) is 20.0. The van der Waals surface area contributed by atoms with Crippen LogP contribution in [-0.4, -0.2) is 71.0 Å². The third-order valence-corrected chi connectivity index (χ3v) is 7.73. The van der Waals surface area contributed by atoms with E-state index in [0.717, 1.165) is 69.1 Å². The van der Waals surface area contributed by atoms with Crippen LogP contribution in [0.2, 0.25) is 0 Å². The lowest BCUT2D eigenvalue weighted by atomic mass is 9.94. The van der Waals surface area contributed by atoms with Crippen LogP contribution in [0.25, 0.3) is 11.4 Å². The molecule has 1 unspecified atom stereocenters. The summed E-state index contributed by atoms with van der Waals surface area (Å²) in [5.74, 6) is 2.11. The zero-order valence-electron chi connectivity index (χ0n) is 20.0. The van der Waals surface area contributed by atoms with Crippen LogP contribution < -0.4 is 4.90 Å². The molecule has 0 radical (unpaired) electrons. The fraction of sp³-hybridized carbons (Fsp3) is 0.593. The number of hydrogen-bond acceptors (Lipinski definition) is 5. The molecule has 6 heteroatoms. The highest BCUT2D eigenvalue weighted by atomic mass is 16.2. The molecule has 3 saturated heterocycles. The lowest BCUT2D eigenvalue weighted by molar-refractivity contribution is -0.137. The van der Waals surface area contributed by atoms with Crippen molar-refractivity contribution in [1.82, 2.24) is 19.8 Å². The van der Waals surface area contributed by atoms with Crippen LogP contribution in [0.5, 0.6) is 0 Å². The van der Waals surface area contributed by atoms with Crippen molar-refractivity contribution >= 4 is 11.7 Å². The molecule has 1 aromatic heterocycles. The molecule has 1 aromatic carbocycles. The average molecular weight is 448 g/mol. The van der Waals surface area contributed by atoms with Gasteiger partial charge in [-0.3, -0.25) is 4.79 Å². The molecular weight excluding hydrogens is 410 g/mol. The second kappa shape index (κ2) is 10.2. The molecule has 3 fully saturated rings. The molecule has 0 saturated carbocycles. The Morgan fingerprint density at radius 3 is 2.39 bits per heavy atom. The van der Waals surface area contributed by atoms with E-state index in [1.807, 2.05) is 12.3 Å². The minimum absolute atomic E-state index is 0.0723. The van der Waals surface area contributed by atoms with E-state index in [9.17, 15) is 4.79 Å². The third kappa shape index (κ3) is 5.21. The van der Waals surface area contributed by atoms with E-state index in [1.54, 1.807) is 0 Å². The average Bonchev–Trinajstić information content (AvgIpc) is 2.89. The Morgan fingerprint density at radius 1 is 0.879 bits per heavy atom. The Kier molecular flexibility index (Phi) is 6.91. The van der Waals surface area contributed by atoms with Gasteiger partial charge in [0.1, 0.15) is 5.82 Å². The number of piperidine rings is 3. The summed E-state index contributed by atoms with van der Waals surface area (Å²) in [6.45, 7) is 8.13. The predicted octanol–water partition coefficient (Wildman–Crippen LogP) is 4.15. The Morgan fingerprint density at radius 2 is 1.64 bits per heavy atom. The fourth-order valence-corrected chi connectivity index (χ4v) is 5.75. The first kappa shape index (κ1) is 22.3. The topological polar surface area (TPSA) is 52.6 Å². The predicted molar refractivity (Wildman–Crippen MR) is 132 cm³/mol. The van der Waals surface area contributed by atoms with Crippen molar-refractivity contribution in [3.63, 3.8) is 0 Å². The number of likely N-dealkylation sites (tertiary alicyclic amines) is 2. The van der Waals surface area contributed by atoms with Crippen LogP contribution in [-0.2, 0) is 4.79 Å². The molecule has 1 amide bonds. The van der Waals surface area contributed by atoms with Gasteiger partial charge in [-0.25, -0.2) is 9.97 Å². The Bertz CT molecular complexity index is 932. The van der Waals surface area contributed by atoms with Gasteiger partial charge in [0.15, 0.2) is 5.82 Å². The van der Waals surface area contributed by atoms with Gasteiger partial charge in [0, 0.05) is 44.0 Å². The first-order valence-electron chi connectivity index (χ1n) is 12.9. The van der Waals surface area contributed by atoms with Crippen LogP contribution >= 0.6 is 0 Å². The minimum Gasteiger partial charge on any atom is -0.356 e. The van der Waals surface area contributed by atoms with Crippen molar-refractivity contribution in [1.29, 1.82) is 0 Å². The molecule has 0 spiro atoms. The summed E-state index contributed by atoms with van der Waals surface area (Å²) in [6, 6.07) is 11.0. The smallest absolute Gasteiger partial charge is 0.227 e. The van der Waals surface area contributed by atoms with Gasteiger partial charge in [0.25, 0.3) is 0 Å². The van der Waals surface area contributed by atoms with Gasteiger partial charge in [0.05, 0.1) is 5.92 Å². The minimum atomic E-state index is 0.0723. The van der Waals surface area contributed by atoms with Crippen LogP contribution in [0.1, 0.15) is 50.5 Å². The molecule has 6 nitrogen and oxygen atoms in total. The van der Waals surface area contributed by atoms with Crippen LogP contribution in [0.3, 0.4) is 0 Å². The number of nitrogens with zero attached hydrogens (tertiary/aromatic N) is 5. The van der Waals surface area contributed by atoms with Crippen molar-refractivity contribution in [2.45, 2.75) is 57.9 Å². The first-order chi connectivity index (χ1) is 16.2. The summed E-state index contributed by atoms with van der Waals surface area (Å²) in [4.78, 5) is 29.8. The highest BCUT2D eigenvalue weighted by Gasteiger charge is 2.33. The SMILES string of the molecule is Cc1ccc(-c2nccc(N3CCCC(C(=O)N4CCC(N5CCCCC5)CC4)C3)n2)cc1. The van der Waals surface area contributed by atoms with Gasteiger partial charge in [-0.2, -0.15) is 0 Å². The fourth-order valence-electron chi connectivity index (χ4n) is 5.75. The Labute approximate surface area is 198 Å². The molecule has 1 atom stereocenters. The zero-order chi connectivity index (χ0) is 22.6. The highest BCUT2D eigenvalue weighted by Crippen LogP contribution is 2.27. The number of amides is 1. The summed E-state index contributed by atoms with van der Waals surface area (Å²) in [7, 11) is 0. The summed E-state index contributed by atoms with van der Waals surface area (Å²) >= 11 is 0. The number of carbonyl (C=O) groups excluding carboxylic acids is 1. The summed E-state index contributed by atoms with van der Waals surface area (Å²) < 4.78 is 0. The maximum atomic E-state index is 13.4. The van der Waals surface area contributed by atoms with E-state index in [4.69, 9.17) is 4.98 Å². The molecule has 33 heavy (non-hydrogen) atoms. The molecular formula is C27H37N5O. The molecule has 0 aliphatic carbocycles. The van der Waals surface area contributed by atoms with Crippen LogP contribution in [0.4, 0.5) is 5.82 Å². The third-order valence-electron chi connectivity index (χ3n) is 7.73. The highest BCUT2D eigenvalue weighted by molar-refractivity contribution is 5.80. The van der Waals surface area contributed by atoms with Gasteiger partial charge in [0.2, 0.25) is 5.91 Å². The van der Waals surface area contributed by atoms with Gasteiger partial charge < -0.3 is 14.7 Å². The number of rotatable bonds is 4. The molecule has 5 rings (SSSR count). The lowest BCUT2D eigenvalue weighted by Gasteiger charge is -2.42. The van der Waals surface area contributed by atoms with E-state index in [2.05, 4.69) is 50.9 Å². The van der Waals surface area contributed by atoms with E-state index >= 15 is 0 Å². The number of aryl methyl sites for hydroxylation is 1. The first-order valence-corrected chi connectivity index (χ1v) is 12.9. The second-order valence-electron chi connectivity index (χ2n) is 10.0. The summed E-state index contributed by atoms with van der Waals surface area (Å²) in [6.07, 6.45) is 10.2. The molecule has 176 valence electrons. The number of carbonyl (C=O) groups is 1. The van der Waals surface area contributed by atoms with E-state index in [0.29, 0.717) is 11.9 Å². The Balaban J connectivity index is 1.20. The maximum absolute atomic E-state index is 13.4. The Hall–Kier alpha value is -2.47. The van der Waals surface area contributed by atoms with Gasteiger partial charge in [-0.05, 0) is 64.6 Å². The molecule has 3 aliphatic heterocycles. The normalized spacial score (nSPS) is 23.0. The molecule has 0 N–H and O–H groups in total. The van der Waals surface area contributed by atoms with Crippen molar-refractivity contribution in [2.75, 3.05) is 44.2 Å². The maximum Gasteiger partial charge on any atom is 0.227 e. The van der Waals surface area contributed by atoms with Gasteiger partial charge in [-0.15, -0.1) is 0 Å².